The Kier molecular flexibility index (Phi) is 5.37. The smallest absolute Gasteiger partial charge is 0.0431 e. The fourth-order valence-corrected chi connectivity index (χ4v) is 1.59. The maximum Gasteiger partial charge on any atom is 0.0431 e. The Morgan fingerprint density at radius 2 is 2.07 bits per heavy atom. The van der Waals surface area contributed by atoms with Crippen molar-refractivity contribution in [3.63, 3.8) is 0 Å². The van der Waals surface area contributed by atoms with Gasteiger partial charge in [-0.15, -0.1) is 0 Å². The fourth-order valence-electron chi connectivity index (χ4n) is 1.59. The summed E-state index contributed by atoms with van der Waals surface area (Å²) in [6, 6.07) is 8.89. The molecular formula is C13H21NO. The maximum atomic E-state index is 8.72. The molecule has 84 valence electrons. The first-order valence-electron chi connectivity index (χ1n) is 5.62. The summed E-state index contributed by atoms with van der Waals surface area (Å²) in [5.74, 6) is 0. The molecule has 0 aromatic heterocycles. The van der Waals surface area contributed by atoms with Crippen molar-refractivity contribution in [2.45, 2.75) is 39.3 Å². The lowest BCUT2D eigenvalue weighted by Gasteiger charge is -2.14. The van der Waals surface area contributed by atoms with Crippen LogP contribution in [0.15, 0.2) is 24.3 Å². The number of hydrogen-bond donors (Lipinski definition) is 2. The zero-order chi connectivity index (χ0) is 11.1. The number of aryl methyl sites for hydroxylation is 1. The molecule has 2 heteroatoms. The second kappa shape index (κ2) is 6.59. The predicted octanol–water partition coefficient (Wildman–Crippen LogP) is 2.25. The van der Waals surface area contributed by atoms with Crippen LogP contribution in [0.5, 0.6) is 0 Å². The van der Waals surface area contributed by atoms with Gasteiger partial charge in [-0.1, -0.05) is 24.3 Å². The van der Waals surface area contributed by atoms with Crippen molar-refractivity contribution in [1.82, 2.24) is 5.32 Å². The Morgan fingerprint density at radius 3 is 2.73 bits per heavy atom. The van der Waals surface area contributed by atoms with E-state index in [0.29, 0.717) is 6.04 Å². The van der Waals surface area contributed by atoms with Crippen LogP contribution in [0.1, 0.15) is 30.9 Å². The quantitative estimate of drug-likeness (QED) is 0.750. The molecule has 2 nitrogen and oxygen atoms in total. The van der Waals surface area contributed by atoms with Crippen LogP contribution in [0.3, 0.4) is 0 Å². The Labute approximate surface area is 92.3 Å². The van der Waals surface area contributed by atoms with Gasteiger partial charge in [0.1, 0.15) is 0 Å². The zero-order valence-corrected chi connectivity index (χ0v) is 9.66. The summed E-state index contributed by atoms with van der Waals surface area (Å²) in [5, 5.41) is 12.2. The predicted molar refractivity (Wildman–Crippen MR) is 63.8 cm³/mol. The van der Waals surface area contributed by atoms with Crippen molar-refractivity contribution in [3.05, 3.63) is 35.4 Å². The minimum Gasteiger partial charge on any atom is -0.396 e. The van der Waals surface area contributed by atoms with E-state index in [9.17, 15) is 0 Å². The van der Waals surface area contributed by atoms with E-state index in [1.165, 1.54) is 11.1 Å². The maximum absolute atomic E-state index is 8.72. The first-order chi connectivity index (χ1) is 7.24. The molecule has 1 aromatic rings. The van der Waals surface area contributed by atoms with Crippen molar-refractivity contribution >= 4 is 0 Å². The number of nitrogens with one attached hydrogen (secondary N) is 1. The van der Waals surface area contributed by atoms with Gasteiger partial charge in [-0.25, -0.2) is 0 Å². The first kappa shape index (κ1) is 12.2. The highest BCUT2D eigenvalue weighted by atomic mass is 16.2. The monoisotopic (exact) mass is 207 g/mol. The molecule has 2 N–H and O–H groups in total. The van der Waals surface area contributed by atoms with Crippen molar-refractivity contribution in [3.8, 4) is 0 Å². The number of rotatable bonds is 6. The Bertz CT molecular complexity index is 286. The molecule has 0 bridgehead atoms. The summed E-state index contributed by atoms with van der Waals surface area (Å²) < 4.78 is 0. The minimum absolute atomic E-state index is 0.288. The largest absolute Gasteiger partial charge is 0.396 e. The van der Waals surface area contributed by atoms with E-state index >= 15 is 0 Å². The lowest BCUT2D eigenvalue weighted by atomic mass is 10.1. The highest BCUT2D eigenvalue weighted by molar-refractivity contribution is 5.25. The third-order valence-corrected chi connectivity index (χ3v) is 2.70. The normalized spacial score (nSPS) is 12.7. The standard InChI is InChI=1S/C13H21NO/c1-11-6-3-4-8-13(11)10-14-12(2)7-5-9-15/h3-4,6,8,12,14-15H,5,7,9-10H2,1-2H3/t12-/m1/s1. The highest BCUT2D eigenvalue weighted by Crippen LogP contribution is 2.07. The third kappa shape index (κ3) is 4.45. The van der Waals surface area contributed by atoms with E-state index in [0.717, 1.165) is 19.4 Å². The van der Waals surface area contributed by atoms with Crippen molar-refractivity contribution < 1.29 is 5.11 Å². The summed E-state index contributed by atoms with van der Waals surface area (Å²) in [7, 11) is 0. The molecule has 0 aliphatic carbocycles. The summed E-state index contributed by atoms with van der Waals surface area (Å²) in [4.78, 5) is 0. The molecule has 0 radical (unpaired) electrons. The number of benzene rings is 1. The van der Waals surface area contributed by atoms with Crippen LogP contribution in [-0.4, -0.2) is 17.8 Å². The van der Waals surface area contributed by atoms with E-state index in [1.807, 2.05) is 0 Å². The van der Waals surface area contributed by atoms with Gasteiger partial charge in [0.25, 0.3) is 0 Å². The molecule has 0 spiro atoms. The Morgan fingerprint density at radius 1 is 1.33 bits per heavy atom. The second-order valence-electron chi connectivity index (χ2n) is 4.07. The van der Waals surface area contributed by atoms with Gasteiger partial charge >= 0.3 is 0 Å². The molecule has 0 aliphatic rings. The third-order valence-electron chi connectivity index (χ3n) is 2.70. The van der Waals surface area contributed by atoms with Crippen LogP contribution in [-0.2, 0) is 6.54 Å². The molecule has 0 saturated heterocycles. The van der Waals surface area contributed by atoms with E-state index in [-0.39, 0.29) is 6.61 Å². The van der Waals surface area contributed by atoms with E-state index in [4.69, 9.17) is 5.11 Å². The van der Waals surface area contributed by atoms with Crippen LogP contribution in [0.2, 0.25) is 0 Å². The van der Waals surface area contributed by atoms with Crippen LogP contribution in [0.25, 0.3) is 0 Å². The molecule has 1 rings (SSSR count). The van der Waals surface area contributed by atoms with E-state index < -0.39 is 0 Å². The van der Waals surface area contributed by atoms with Crippen molar-refractivity contribution in [1.29, 1.82) is 0 Å². The van der Waals surface area contributed by atoms with Gasteiger partial charge in [0, 0.05) is 19.2 Å². The molecule has 0 unspecified atom stereocenters. The molecule has 0 aliphatic heterocycles. The number of aliphatic hydroxyl groups is 1. The van der Waals surface area contributed by atoms with Gasteiger partial charge < -0.3 is 10.4 Å². The average Bonchev–Trinajstić information content (AvgIpc) is 2.25. The lowest BCUT2D eigenvalue weighted by molar-refractivity contribution is 0.276. The van der Waals surface area contributed by atoms with E-state index in [1.54, 1.807) is 0 Å². The molecule has 15 heavy (non-hydrogen) atoms. The average molecular weight is 207 g/mol. The molecule has 0 fully saturated rings. The Balaban J connectivity index is 2.33. The summed E-state index contributed by atoms with van der Waals surface area (Å²) >= 11 is 0. The van der Waals surface area contributed by atoms with Gasteiger partial charge in [-0.3, -0.25) is 0 Å². The summed E-state index contributed by atoms with van der Waals surface area (Å²) in [6.45, 7) is 5.50. The molecule has 1 aromatic carbocycles. The van der Waals surface area contributed by atoms with Gasteiger partial charge in [0.15, 0.2) is 0 Å². The highest BCUT2D eigenvalue weighted by Gasteiger charge is 2.02. The lowest BCUT2D eigenvalue weighted by Crippen LogP contribution is -2.25. The zero-order valence-electron chi connectivity index (χ0n) is 9.66. The first-order valence-corrected chi connectivity index (χ1v) is 5.62. The van der Waals surface area contributed by atoms with Crippen LogP contribution in [0.4, 0.5) is 0 Å². The van der Waals surface area contributed by atoms with Crippen LogP contribution in [0, 0.1) is 6.92 Å². The Hall–Kier alpha value is -0.860. The van der Waals surface area contributed by atoms with Gasteiger partial charge in [-0.2, -0.15) is 0 Å². The van der Waals surface area contributed by atoms with Gasteiger partial charge in [0.2, 0.25) is 0 Å². The van der Waals surface area contributed by atoms with Crippen molar-refractivity contribution in [2.75, 3.05) is 6.61 Å². The van der Waals surface area contributed by atoms with E-state index in [2.05, 4.69) is 43.4 Å². The molecule has 0 amide bonds. The minimum atomic E-state index is 0.288. The van der Waals surface area contributed by atoms with Crippen LogP contribution >= 0.6 is 0 Å². The summed E-state index contributed by atoms with van der Waals surface area (Å²) in [5.41, 5.74) is 2.69. The SMILES string of the molecule is Cc1ccccc1CN[C@H](C)CCCO. The topological polar surface area (TPSA) is 32.3 Å². The second-order valence-corrected chi connectivity index (χ2v) is 4.07. The summed E-state index contributed by atoms with van der Waals surface area (Å²) in [6.07, 6.45) is 1.91. The molecular weight excluding hydrogens is 186 g/mol. The van der Waals surface area contributed by atoms with Crippen LogP contribution < -0.4 is 5.32 Å². The molecule has 1 atom stereocenters. The van der Waals surface area contributed by atoms with Gasteiger partial charge in [-0.05, 0) is 37.8 Å². The molecule has 0 saturated carbocycles. The fraction of sp³-hybridized carbons (Fsp3) is 0.538. The number of hydrogen-bond acceptors (Lipinski definition) is 2. The van der Waals surface area contributed by atoms with Gasteiger partial charge in [0.05, 0.1) is 0 Å². The van der Waals surface area contributed by atoms with Crippen molar-refractivity contribution in [2.24, 2.45) is 0 Å². The number of aliphatic hydroxyl groups excluding tert-OH is 1. The molecule has 0 heterocycles.